The molecule has 0 aromatic rings. The molecule has 0 bridgehead atoms. The fourth-order valence-corrected chi connectivity index (χ4v) is 2.00. The van der Waals surface area contributed by atoms with Crippen LogP contribution in [0.15, 0.2) is 0 Å². The number of rotatable bonds is 5. The number of nitrogens with zero attached hydrogens (tertiary/aromatic N) is 1. The number of likely N-dealkylation sites (tertiary alicyclic amines) is 1. The van der Waals surface area contributed by atoms with E-state index in [1.54, 1.807) is 12.0 Å². The van der Waals surface area contributed by atoms with Gasteiger partial charge >= 0.3 is 6.03 Å². The molecule has 0 saturated carbocycles. The van der Waals surface area contributed by atoms with Gasteiger partial charge in [-0.3, -0.25) is 4.79 Å². The van der Waals surface area contributed by atoms with E-state index in [4.69, 9.17) is 4.74 Å². The summed E-state index contributed by atoms with van der Waals surface area (Å²) in [5, 5.41) is 5.29. The normalized spacial score (nSPS) is 19.4. The lowest BCUT2D eigenvalue weighted by Crippen LogP contribution is -2.47. The summed E-state index contributed by atoms with van der Waals surface area (Å²) in [6.07, 6.45) is 2.20. The smallest absolute Gasteiger partial charge is 0.317 e. The maximum Gasteiger partial charge on any atom is 0.317 e. The Balaban J connectivity index is 2.17. The second kappa shape index (κ2) is 7.92. The Morgan fingerprint density at radius 3 is 2.83 bits per heavy atom. The van der Waals surface area contributed by atoms with Crippen LogP contribution in [0, 0.1) is 5.92 Å². The topological polar surface area (TPSA) is 70.7 Å². The molecule has 1 atom stereocenters. The molecule has 0 spiro atoms. The Labute approximate surface area is 108 Å². The molecular weight excluding hydrogens is 234 g/mol. The van der Waals surface area contributed by atoms with Gasteiger partial charge in [0.1, 0.15) is 0 Å². The fourth-order valence-electron chi connectivity index (χ4n) is 2.00. The van der Waals surface area contributed by atoms with Crippen LogP contribution in [0.5, 0.6) is 0 Å². The van der Waals surface area contributed by atoms with E-state index < -0.39 is 0 Å². The number of amides is 3. The Hall–Kier alpha value is -1.30. The van der Waals surface area contributed by atoms with Gasteiger partial charge < -0.3 is 20.3 Å². The summed E-state index contributed by atoms with van der Waals surface area (Å²) >= 11 is 0. The third-order valence-electron chi connectivity index (χ3n) is 2.97. The predicted molar refractivity (Wildman–Crippen MR) is 68.3 cm³/mol. The van der Waals surface area contributed by atoms with E-state index in [-0.39, 0.29) is 18.5 Å². The van der Waals surface area contributed by atoms with Gasteiger partial charge in [0.25, 0.3) is 0 Å². The van der Waals surface area contributed by atoms with Crippen molar-refractivity contribution in [2.24, 2.45) is 5.92 Å². The SMILES string of the molecule is COCCNC(=O)CNC(=O)N1CCCC(C)C1. The molecule has 0 aromatic carbocycles. The number of methoxy groups -OCH3 is 1. The van der Waals surface area contributed by atoms with Gasteiger partial charge in [-0.05, 0) is 18.8 Å². The molecule has 2 N–H and O–H groups in total. The van der Waals surface area contributed by atoms with E-state index in [0.717, 1.165) is 19.5 Å². The summed E-state index contributed by atoms with van der Waals surface area (Å²) in [6, 6.07) is -0.150. The van der Waals surface area contributed by atoms with Crippen LogP contribution in [0.25, 0.3) is 0 Å². The molecule has 0 aromatic heterocycles. The molecule has 104 valence electrons. The molecule has 6 heteroatoms. The van der Waals surface area contributed by atoms with E-state index in [1.807, 2.05) is 0 Å². The molecule has 1 unspecified atom stereocenters. The van der Waals surface area contributed by atoms with Gasteiger partial charge in [0, 0.05) is 26.7 Å². The van der Waals surface area contributed by atoms with Crippen LogP contribution in [-0.2, 0) is 9.53 Å². The summed E-state index contributed by atoms with van der Waals surface area (Å²) in [5.41, 5.74) is 0. The van der Waals surface area contributed by atoms with Crippen LogP contribution in [0.1, 0.15) is 19.8 Å². The average Bonchev–Trinajstić information content (AvgIpc) is 2.36. The molecule has 1 rings (SSSR count). The number of piperidine rings is 1. The van der Waals surface area contributed by atoms with Crippen molar-refractivity contribution in [3.63, 3.8) is 0 Å². The number of nitrogens with one attached hydrogen (secondary N) is 2. The molecule has 1 saturated heterocycles. The average molecular weight is 257 g/mol. The second-order valence-corrected chi connectivity index (χ2v) is 4.69. The number of carbonyl (C=O) groups excluding carboxylic acids is 2. The standard InChI is InChI=1S/C12H23N3O3/c1-10-4-3-6-15(9-10)12(17)14-8-11(16)13-5-7-18-2/h10H,3-9H2,1-2H3,(H,13,16)(H,14,17). The summed E-state index contributed by atoms with van der Waals surface area (Å²) < 4.78 is 4.81. The van der Waals surface area contributed by atoms with Crippen LogP contribution in [0.3, 0.4) is 0 Å². The maximum atomic E-state index is 11.8. The summed E-state index contributed by atoms with van der Waals surface area (Å²) in [5.74, 6) is 0.352. The van der Waals surface area contributed by atoms with Gasteiger partial charge in [0.05, 0.1) is 13.2 Å². The Morgan fingerprint density at radius 1 is 1.39 bits per heavy atom. The van der Waals surface area contributed by atoms with Crippen LogP contribution in [0.4, 0.5) is 4.79 Å². The highest BCUT2D eigenvalue weighted by Crippen LogP contribution is 2.14. The minimum atomic E-state index is -0.189. The fraction of sp³-hybridized carbons (Fsp3) is 0.833. The van der Waals surface area contributed by atoms with Crippen molar-refractivity contribution < 1.29 is 14.3 Å². The third kappa shape index (κ3) is 5.35. The second-order valence-electron chi connectivity index (χ2n) is 4.69. The molecule has 6 nitrogen and oxygen atoms in total. The molecule has 1 aliphatic heterocycles. The number of urea groups is 1. The van der Waals surface area contributed by atoms with Crippen LogP contribution in [0.2, 0.25) is 0 Å². The van der Waals surface area contributed by atoms with Gasteiger partial charge in [0.15, 0.2) is 0 Å². The highest BCUT2D eigenvalue weighted by Gasteiger charge is 2.20. The summed E-state index contributed by atoms with van der Waals surface area (Å²) in [6.45, 7) is 4.65. The minimum absolute atomic E-state index is 0.0213. The monoisotopic (exact) mass is 257 g/mol. The molecule has 18 heavy (non-hydrogen) atoms. The van der Waals surface area contributed by atoms with E-state index >= 15 is 0 Å². The lowest BCUT2D eigenvalue weighted by molar-refractivity contribution is -0.120. The first-order valence-electron chi connectivity index (χ1n) is 6.42. The molecule has 1 fully saturated rings. The third-order valence-corrected chi connectivity index (χ3v) is 2.97. The Bertz CT molecular complexity index is 284. The molecule has 1 heterocycles. The van der Waals surface area contributed by atoms with Crippen molar-refractivity contribution in [1.29, 1.82) is 0 Å². The van der Waals surface area contributed by atoms with Crippen molar-refractivity contribution in [2.75, 3.05) is 39.9 Å². The van der Waals surface area contributed by atoms with Crippen molar-refractivity contribution in [1.82, 2.24) is 15.5 Å². The highest BCUT2D eigenvalue weighted by molar-refractivity contribution is 5.83. The zero-order chi connectivity index (χ0) is 13.4. The summed E-state index contributed by atoms with van der Waals surface area (Å²) in [7, 11) is 1.57. The van der Waals surface area contributed by atoms with Crippen LogP contribution in [-0.4, -0.2) is 56.7 Å². The van der Waals surface area contributed by atoms with E-state index in [0.29, 0.717) is 19.1 Å². The van der Waals surface area contributed by atoms with Gasteiger partial charge in [-0.15, -0.1) is 0 Å². The lowest BCUT2D eigenvalue weighted by Gasteiger charge is -2.30. The minimum Gasteiger partial charge on any atom is -0.383 e. The Kier molecular flexibility index (Phi) is 6.49. The summed E-state index contributed by atoms with van der Waals surface area (Å²) in [4.78, 5) is 24.9. The van der Waals surface area contributed by atoms with E-state index in [2.05, 4.69) is 17.6 Å². The van der Waals surface area contributed by atoms with Gasteiger partial charge in [-0.2, -0.15) is 0 Å². The highest BCUT2D eigenvalue weighted by atomic mass is 16.5. The van der Waals surface area contributed by atoms with Crippen LogP contribution < -0.4 is 10.6 Å². The quantitative estimate of drug-likeness (QED) is 0.691. The molecule has 0 radical (unpaired) electrons. The largest absolute Gasteiger partial charge is 0.383 e. The van der Waals surface area contributed by atoms with Gasteiger partial charge in [0.2, 0.25) is 5.91 Å². The number of carbonyl (C=O) groups is 2. The molecule has 3 amide bonds. The molecule has 0 aliphatic carbocycles. The first-order chi connectivity index (χ1) is 8.63. The zero-order valence-corrected chi connectivity index (χ0v) is 11.2. The zero-order valence-electron chi connectivity index (χ0n) is 11.2. The first kappa shape index (κ1) is 14.8. The van der Waals surface area contributed by atoms with Crippen molar-refractivity contribution in [2.45, 2.75) is 19.8 Å². The predicted octanol–water partition coefficient (Wildman–Crippen LogP) is 0.191. The maximum absolute atomic E-state index is 11.8. The number of hydrogen-bond acceptors (Lipinski definition) is 3. The van der Waals surface area contributed by atoms with Crippen molar-refractivity contribution in [3.05, 3.63) is 0 Å². The molecular formula is C12H23N3O3. The number of ether oxygens (including phenoxy) is 1. The van der Waals surface area contributed by atoms with Crippen molar-refractivity contribution >= 4 is 11.9 Å². The van der Waals surface area contributed by atoms with Crippen LogP contribution >= 0.6 is 0 Å². The van der Waals surface area contributed by atoms with Gasteiger partial charge in [-0.1, -0.05) is 6.92 Å². The Morgan fingerprint density at radius 2 is 2.17 bits per heavy atom. The van der Waals surface area contributed by atoms with E-state index in [9.17, 15) is 9.59 Å². The number of hydrogen-bond donors (Lipinski definition) is 2. The lowest BCUT2D eigenvalue weighted by atomic mass is 10.0. The van der Waals surface area contributed by atoms with Crippen molar-refractivity contribution in [3.8, 4) is 0 Å². The first-order valence-corrected chi connectivity index (χ1v) is 6.42. The van der Waals surface area contributed by atoms with Gasteiger partial charge in [-0.25, -0.2) is 4.79 Å². The van der Waals surface area contributed by atoms with E-state index in [1.165, 1.54) is 6.42 Å². The molecule has 1 aliphatic rings.